The number of ether oxygens (including phenoxy) is 1. The van der Waals surface area contributed by atoms with Gasteiger partial charge in [0.1, 0.15) is 5.52 Å². The van der Waals surface area contributed by atoms with Crippen LogP contribution in [0.1, 0.15) is 0 Å². The van der Waals surface area contributed by atoms with Crippen molar-refractivity contribution >= 4 is 21.1 Å². The second-order valence-corrected chi connectivity index (χ2v) is 4.59. The normalized spacial score (nSPS) is 12.2. The zero-order valence-electron chi connectivity index (χ0n) is 8.13. The van der Waals surface area contributed by atoms with Crippen LogP contribution in [0.15, 0.2) is 27.5 Å². The maximum atomic E-state index is 11.9. The molecule has 6 nitrogen and oxygen atoms in total. The van der Waals surface area contributed by atoms with Gasteiger partial charge in [-0.05, 0) is 18.2 Å². The SMILES string of the molecule is NS(=O)(=O)c1ccc2oc(OC(F)F)nc2c1. The summed E-state index contributed by atoms with van der Waals surface area (Å²) >= 11 is 0. The van der Waals surface area contributed by atoms with Gasteiger partial charge in [-0.2, -0.15) is 13.8 Å². The van der Waals surface area contributed by atoms with E-state index in [1.807, 2.05) is 0 Å². The third-order valence-electron chi connectivity index (χ3n) is 1.86. The maximum Gasteiger partial charge on any atom is 0.399 e. The van der Waals surface area contributed by atoms with Crippen molar-refractivity contribution in [3.05, 3.63) is 18.2 Å². The van der Waals surface area contributed by atoms with Crippen molar-refractivity contribution in [1.82, 2.24) is 4.98 Å². The summed E-state index contributed by atoms with van der Waals surface area (Å²) in [6.07, 6.45) is -0.637. The minimum absolute atomic E-state index is 0.0622. The summed E-state index contributed by atoms with van der Waals surface area (Å²) in [7, 11) is -3.88. The van der Waals surface area contributed by atoms with Crippen LogP contribution in [-0.2, 0) is 10.0 Å². The predicted octanol–water partition coefficient (Wildman–Crippen LogP) is 1.08. The van der Waals surface area contributed by atoms with E-state index in [1.165, 1.54) is 12.1 Å². The van der Waals surface area contributed by atoms with E-state index in [4.69, 9.17) is 9.56 Å². The van der Waals surface area contributed by atoms with Gasteiger partial charge in [0, 0.05) is 0 Å². The van der Waals surface area contributed by atoms with Crippen molar-refractivity contribution in [3.63, 3.8) is 0 Å². The first-order valence-electron chi connectivity index (χ1n) is 4.24. The fraction of sp³-hybridized carbons (Fsp3) is 0.125. The van der Waals surface area contributed by atoms with Crippen molar-refractivity contribution < 1.29 is 26.4 Å². The number of oxazole rings is 1. The molecule has 0 fully saturated rings. The summed E-state index contributed by atoms with van der Waals surface area (Å²) in [5.74, 6) is 0. The highest BCUT2D eigenvalue weighted by Crippen LogP contribution is 2.23. The minimum atomic E-state index is -3.88. The predicted molar refractivity (Wildman–Crippen MR) is 52.0 cm³/mol. The first-order chi connectivity index (χ1) is 7.86. The Morgan fingerprint density at radius 3 is 2.71 bits per heavy atom. The third-order valence-corrected chi connectivity index (χ3v) is 2.77. The number of benzene rings is 1. The molecule has 0 radical (unpaired) electrons. The molecule has 1 aromatic heterocycles. The van der Waals surface area contributed by atoms with Gasteiger partial charge in [-0.3, -0.25) is 0 Å². The molecule has 17 heavy (non-hydrogen) atoms. The van der Waals surface area contributed by atoms with Crippen LogP contribution in [0.3, 0.4) is 0 Å². The maximum absolute atomic E-state index is 11.9. The standard InChI is InChI=1S/C8H6F2N2O4S/c9-7(10)16-8-12-5-3-4(17(11,13)14)1-2-6(5)15-8/h1-3,7H,(H2,11,13,14). The summed E-state index contributed by atoms with van der Waals surface area (Å²) in [6.45, 7) is -3.07. The number of hydrogen-bond donors (Lipinski definition) is 1. The Morgan fingerprint density at radius 2 is 2.12 bits per heavy atom. The van der Waals surface area contributed by atoms with E-state index in [0.717, 1.165) is 6.07 Å². The van der Waals surface area contributed by atoms with Crippen LogP contribution in [-0.4, -0.2) is 20.0 Å². The highest BCUT2D eigenvalue weighted by Gasteiger charge is 2.15. The van der Waals surface area contributed by atoms with Crippen LogP contribution in [0.4, 0.5) is 8.78 Å². The molecule has 9 heteroatoms. The first-order valence-corrected chi connectivity index (χ1v) is 5.79. The van der Waals surface area contributed by atoms with Gasteiger partial charge >= 0.3 is 12.7 Å². The Hall–Kier alpha value is -1.74. The molecule has 2 rings (SSSR count). The van der Waals surface area contributed by atoms with Crippen molar-refractivity contribution in [2.24, 2.45) is 5.14 Å². The largest absolute Gasteiger partial charge is 0.409 e. The van der Waals surface area contributed by atoms with Gasteiger partial charge in [0.05, 0.1) is 4.90 Å². The molecule has 0 amide bonds. The zero-order chi connectivity index (χ0) is 12.6. The third kappa shape index (κ3) is 2.50. The van der Waals surface area contributed by atoms with E-state index in [-0.39, 0.29) is 16.0 Å². The topological polar surface area (TPSA) is 95.4 Å². The molecule has 0 spiro atoms. The average molecular weight is 264 g/mol. The fourth-order valence-electron chi connectivity index (χ4n) is 1.19. The first kappa shape index (κ1) is 11.7. The molecule has 0 saturated heterocycles. The summed E-state index contributed by atoms with van der Waals surface area (Å²) in [4.78, 5) is 3.35. The van der Waals surface area contributed by atoms with E-state index in [2.05, 4.69) is 9.72 Å². The van der Waals surface area contributed by atoms with Crippen molar-refractivity contribution in [3.8, 4) is 6.08 Å². The Balaban J connectivity index is 2.48. The number of aromatic nitrogens is 1. The molecule has 0 saturated carbocycles. The number of fused-ring (bicyclic) bond motifs is 1. The molecule has 0 atom stereocenters. The van der Waals surface area contributed by atoms with E-state index in [9.17, 15) is 17.2 Å². The number of alkyl halides is 2. The van der Waals surface area contributed by atoms with Crippen LogP contribution in [0.25, 0.3) is 11.1 Å². The van der Waals surface area contributed by atoms with Crippen LogP contribution in [0.5, 0.6) is 6.08 Å². The molecule has 0 aliphatic heterocycles. The van der Waals surface area contributed by atoms with Gasteiger partial charge in [-0.25, -0.2) is 13.6 Å². The Bertz CT molecular complexity index is 653. The van der Waals surface area contributed by atoms with Gasteiger partial charge in [0.2, 0.25) is 10.0 Å². The van der Waals surface area contributed by atoms with Gasteiger partial charge in [-0.1, -0.05) is 0 Å². The van der Waals surface area contributed by atoms with E-state index in [0.29, 0.717) is 0 Å². The number of halogens is 2. The highest BCUT2D eigenvalue weighted by molar-refractivity contribution is 7.89. The molecule has 1 aromatic carbocycles. The molecule has 0 unspecified atom stereocenters. The zero-order valence-corrected chi connectivity index (χ0v) is 8.95. The van der Waals surface area contributed by atoms with Crippen LogP contribution >= 0.6 is 0 Å². The van der Waals surface area contributed by atoms with Gasteiger partial charge < -0.3 is 9.15 Å². The minimum Gasteiger partial charge on any atom is -0.409 e. The molecule has 2 N–H and O–H groups in total. The molecule has 1 heterocycles. The lowest BCUT2D eigenvalue weighted by molar-refractivity contribution is -0.0664. The summed E-state index contributed by atoms with van der Waals surface area (Å²) in [5, 5.41) is 4.90. The molecule has 0 aliphatic rings. The van der Waals surface area contributed by atoms with Gasteiger partial charge in [0.25, 0.3) is 0 Å². The Kier molecular flexibility index (Phi) is 2.71. The summed E-state index contributed by atoms with van der Waals surface area (Å²) in [5.41, 5.74) is 0.181. The van der Waals surface area contributed by atoms with Crippen molar-refractivity contribution in [2.75, 3.05) is 0 Å². The number of nitrogens with two attached hydrogens (primary N) is 1. The van der Waals surface area contributed by atoms with E-state index < -0.39 is 22.7 Å². The lowest BCUT2D eigenvalue weighted by Crippen LogP contribution is -2.11. The van der Waals surface area contributed by atoms with Crippen molar-refractivity contribution in [1.29, 1.82) is 0 Å². The van der Waals surface area contributed by atoms with E-state index in [1.54, 1.807) is 0 Å². The summed E-state index contributed by atoms with van der Waals surface area (Å²) in [6, 6.07) is 3.53. The average Bonchev–Trinajstić information content (AvgIpc) is 2.55. The summed E-state index contributed by atoms with van der Waals surface area (Å²) < 4.78 is 54.5. The van der Waals surface area contributed by atoms with E-state index >= 15 is 0 Å². The van der Waals surface area contributed by atoms with Crippen LogP contribution in [0, 0.1) is 0 Å². The van der Waals surface area contributed by atoms with Gasteiger partial charge in [0.15, 0.2) is 5.58 Å². The number of sulfonamides is 1. The number of hydrogen-bond acceptors (Lipinski definition) is 5. The lowest BCUT2D eigenvalue weighted by atomic mass is 10.3. The Morgan fingerprint density at radius 1 is 1.41 bits per heavy atom. The van der Waals surface area contributed by atoms with Crippen LogP contribution < -0.4 is 9.88 Å². The molecular weight excluding hydrogens is 258 g/mol. The second-order valence-electron chi connectivity index (χ2n) is 3.03. The molecule has 0 aliphatic carbocycles. The smallest absolute Gasteiger partial charge is 0.399 e. The molecule has 92 valence electrons. The molecular formula is C8H6F2N2O4S. The monoisotopic (exact) mass is 264 g/mol. The van der Waals surface area contributed by atoms with Gasteiger partial charge in [-0.15, -0.1) is 0 Å². The second kappa shape index (κ2) is 3.93. The van der Waals surface area contributed by atoms with Crippen LogP contribution in [0.2, 0.25) is 0 Å². The van der Waals surface area contributed by atoms with Crippen molar-refractivity contribution in [2.45, 2.75) is 11.5 Å². The number of primary sulfonamides is 1. The molecule has 0 bridgehead atoms. The quantitative estimate of drug-likeness (QED) is 0.894. The fourth-order valence-corrected chi connectivity index (χ4v) is 1.72. The number of rotatable bonds is 3. The lowest BCUT2D eigenvalue weighted by Gasteiger charge is -1.95. The number of nitrogens with zero attached hydrogens (tertiary/aromatic N) is 1. The highest BCUT2D eigenvalue weighted by atomic mass is 32.2. The Labute approximate surface area is 94.0 Å². The molecule has 2 aromatic rings.